The maximum Gasteiger partial charge on any atom is 0.254 e. The normalized spacial score (nSPS) is 15.8. The Morgan fingerprint density at radius 2 is 1.93 bits per heavy atom. The van der Waals surface area contributed by atoms with Gasteiger partial charge in [-0.25, -0.2) is 0 Å². The summed E-state index contributed by atoms with van der Waals surface area (Å²) in [5.41, 5.74) is 1.69. The molecule has 0 radical (unpaired) electrons. The van der Waals surface area contributed by atoms with E-state index in [1.165, 1.54) is 0 Å². The quantitative estimate of drug-likeness (QED) is 0.512. The summed E-state index contributed by atoms with van der Waals surface area (Å²) in [6.07, 6.45) is 3.69. The Kier molecular flexibility index (Phi) is 5.69. The summed E-state index contributed by atoms with van der Waals surface area (Å²) in [4.78, 5) is 36.8. The van der Waals surface area contributed by atoms with Gasteiger partial charge in [-0.1, -0.05) is 18.2 Å². The molecule has 1 aliphatic rings. The summed E-state index contributed by atoms with van der Waals surface area (Å²) in [6, 6.07) is 11.8. The molecule has 0 aliphatic carbocycles. The molecule has 30 heavy (non-hydrogen) atoms. The second-order valence-corrected chi connectivity index (χ2v) is 7.10. The second-order valence-electron chi connectivity index (χ2n) is 7.10. The van der Waals surface area contributed by atoms with Crippen LogP contribution < -0.4 is 16.0 Å². The highest BCUT2D eigenvalue weighted by molar-refractivity contribution is 6.09. The predicted octanol–water partition coefficient (Wildman–Crippen LogP) is 1.31. The van der Waals surface area contributed by atoms with Crippen LogP contribution in [0.1, 0.15) is 35.4 Å². The number of hydrogen-bond donors (Lipinski definition) is 3. The van der Waals surface area contributed by atoms with Gasteiger partial charge in [0.25, 0.3) is 5.91 Å². The van der Waals surface area contributed by atoms with Crippen molar-refractivity contribution in [3.63, 3.8) is 0 Å². The van der Waals surface area contributed by atoms with E-state index in [0.717, 1.165) is 17.9 Å². The average molecular weight is 406 g/mol. The first-order valence-corrected chi connectivity index (χ1v) is 9.88. The molecule has 9 heteroatoms. The van der Waals surface area contributed by atoms with Crippen molar-refractivity contribution in [1.29, 1.82) is 0 Å². The van der Waals surface area contributed by atoms with E-state index in [1.807, 2.05) is 28.8 Å². The number of fused-ring (bicyclic) bond motifs is 2. The zero-order valence-electron chi connectivity index (χ0n) is 16.3. The van der Waals surface area contributed by atoms with Crippen LogP contribution in [-0.2, 0) is 16.0 Å². The lowest BCUT2D eigenvalue weighted by molar-refractivity contribution is -0.121. The van der Waals surface area contributed by atoms with E-state index < -0.39 is 6.04 Å². The van der Waals surface area contributed by atoms with Gasteiger partial charge >= 0.3 is 0 Å². The van der Waals surface area contributed by atoms with Crippen LogP contribution in [0.5, 0.6) is 0 Å². The lowest BCUT2D eigenvalue weighted by Crippen LogP contribution is -2.42. The average Bonchev–Trinajstić information content (AvgIpc) is 3.12. The molecule has 1 aliphatic heterocycles. The van der Waals surface area contributed by atoms with Crippen molar-refractivity contribution in [2.75, 3.05) is 11.9 Å². The predicted molar refractivity (Wildman–Crippen MR) is 110 cm³/mol. The first-order chi connectivity index (χ1) is 14.6. The van der Waals surface area contributed by atoms with Crippen molar-refractivity contribution in [2.45, 2.75) is 31.7 Å². The Morgan fingerprint density at radius 1 is 1.10 bits per heavy atom. The van der Waals surface area contributed by atoms with Crippen LogP contribution in [0.2, 0.25) is 0 Å². The van der Waals surface area contributed by atoms with Gasteiger partial charge in [-0.2, -0.15) is 0 Å². The van der Waals surface area contributed by atoms with Crippen LogP contribution in [0.15, 0.2) is 48.7 Å². The number of carbonyl (C=O) groups excluding carboxylic acids is 3. The van der Waals surface area contributed by atoms with E-state index in [0.29, 0.717) is 24.2 Å². The molecule has 1 atom stereocenters. The van der Waals surface area contributed by atoms with Crippen molar-refractivity contribution >= 4 is 29.1 Å². The third-order valence-corrected chi connectivity index (χ3v) is 5.00. The molecule has 0 bridgehead atoms. The van der Waals surface area contributed by atoms with Crippen LogP contribution in [0, 0.1) is 0 Å². The zero-order chi connectivity index (χ0) is 20.9. The first kappa shape index (κ1) is 19.6. The Bertz CT molecular complexity index is 1090. The second kappa shape index (κ2) is 8.73. The van der Waals surface area contributed by atoms with Crippen molar-refractivity contribution in [3.8, 4) is 0 Å². The number of benzene rings is 1. The maximum absolute atomic E-state index is 12.4. The Labute approximate surface area is 172 Å². The van der Waals surface area contributed by atoms with Gasteiger partial charge in [0.1, 0.15) is 11.9 Å². The Hall–Kier alpha value is -3.75. The Morgan fingerprint density at radius 3 is 2.83 bits per heavy atom. The molecular formula is C21H22N6O3. The topological polar surface area (TPSA) is 117 Å². The molecule has 0 fully saturated rings. The molecule has 4 rings (SSSR count). The number of pyridine rings is 1. The monoisotopic (exact) mass is 406 g/mol. The molecule has 0 saturated carbocycles. The number of aryl methyl sites for hydroxylation is 1. The summed E-state index contributed by atoms with van der Waals surface area (Å²) < 4.78 is 1.92. The van der Waals surface area contributed by atoms with Gasteiger partial charge in [0.2, 0.25) is 11.8 Å². The largest absolute Gasteiger partial charge is 0.356 e. The lowest BCUT2D eigenvalue weighted by Gasteiger charge is -2.14. The number of rotatable bonds is 7. The fraction of sp³-hybridized carbons (Fsp3) is 0.286. The van der Waals surface area contributed by atoms with Crippen molar-refractivity contribution in [3.05, 3.63) is 60.0 Å². The number of anilines is 1. The molecule has 3 aromatic rings. The molecule has 3 N–H and O–H groups in total. The molecule has 3 heterocycles. The van der Waals surface area contributed by atoms with Gasteiger partial charge in [0, 0.05) is 25.6 Å². The third-order valence-electron chi connectivity index (χ3n) is 5.00. The van der Waals surface area contributed by atoms with E-state index in [-0.39, 0.29) is 30.6 Å². The Balaban J connectivity index is 1.22. The van der Waals surface area contributed by atoms with Gasteiger partial charge in [0.05, 0.1) is 11.3 Å². The van der Waals surface area contributed by atoms with Crippen molar-refractivity contribution in [2.24, 2.45) is 0 Å². The van der Waals surface area contributed by atoms with E-state index in [2.05, 4.69) is 26.1 Å². The molecular weight excluding hydrogens is 384 g/mol. The number of nitrogens with one attached hydrogen (secondary N) is 3. The van der Waals surface area contributed by atoms with Gasteiger partial charge in [-0.05, 0) is 37.1 Å². The standard InChI is InChI=1S/C21H22N6O3/c28-19(22-12-5-9-18-26-25-17-8-3-4-13-27(17)18)11-10-16-21(30)23-15-7-2-1-6-14(15)20(29)24-16/h1-4,6-8,13,16H,5,9-12H2,(H,22,28)(H,23,30)(H,24,29)/t16-/m1/s1. The summed E-state index contributed by atoms with van der Waals surface area (Å²) >= 11 is 0. The fourth-order valence-electron chi connectivity index (χ4n) is 3.41. The SMILES string of the molecule is O=C(CC[C@H]1NC(=O)c2ccccc2NC1=O)NCCCc1nnc2ccccn12. The maximum atomic E-state index is 12.4. The summed E-state index contributed by atoms with van der Waals surface area (Å²) in [5.74, 6) is 0.0387. The minimum atomic E-state index is -0.752. The minimum absolute atomic E-state index is 0.141. The summed E-state index contributed by atoms with van der Waals surface area (Å²) in [7, 11) is 0. The number of nitrogens with zero attached hydrogens (tertiary/aromatic N) is 3. The lowest BCUT2D eigenvalue weighted by atomic mass is 10.1. The molecule has 3 amide bonds. The number of hydrogen-bond acceptors (Lipinski definition) is 5. The molecule has 9 nitrogen and oxygen atoms in total. The molecule has 2 aromatic heterocycles. The molecule has 154 valence electrons. The van der Waals surface area contributed by atoms with Crippen LogP contribution >= 0.6 is 0 Å². The first-order valence-electron chi connectivity index (χ1n) is 9.88. The summed E-state index contributed by atoms with van der Waals surface area (Å²) in [5, 5.41) is 16.6. The minimum Gasteiger partial charge on any atom is -0.356 e. The van der Waals surface area contributed by atoms with Crippen LogP contribution in [-0.4, -0.2) is 44.9 Å². The van der Waals surface area contributed by atoms with Crippen LogP contribution in [0.3, 0.4) is 0 Å². The molecule has 0 spiro atoms. The highest BCUT2D eigenvalue weighted by atomic mass is 16.2. The highest BCUT2D eigenvalue weighted by Gasteiger charge is 2.27. The van der Waals surface area contributed by atoms with Gasteiger partial charge < -0.3 is 16.0 Å². The highest BCUT2D eigenvalue weighted by Crippen LogP contribution is 2.19. The van der Waals surface area contributed by atoms with E-state index in [1.54, 1.807) is 24.3 Å². The van der Waals surface area contributed by atoms with Crippen molar-refractivity contribution in [1.82, 2.24) is 25.2 Å². The van der Waals surface area contributed by atoms with Crippen LogP contribution in [0.25, 0.3) is 5.65 Å². The van der Waals surface area contributed by atoms with Crippen molar-refractivity contribution < 1.29 is 14.4 Å². The molecule has 0 saturated heterocycles. The number of aromatic nitrogens is 3. The smallest absolute Gasteiger partial charge is 0.254 e. The van der Waals surface area contributed by atoms with Gasteiger partial charge in [0.15, 0.2) is 5.65 Å². The fourth-order valence-corrected chi connectivity index (χ4v) is 3.41. The zero-order valence-corrected chi connectivity index (χ0v) is 16.3. The van der Waals surface area contributed by atoms with Crippen LogP contribution in [0.4, 0.5) is 5.69 Å². The van der Waals surface area contributed by atoms with E-state index in [9.17, 15) is 14.4 Å². The number of amides is 3. The van der Waals surface area contributed by atoms with E-state index in [4.69, 9.17) is 0 Å². The molecule has 1 aromatic carbocycles. The van der Waals surface area contributed by atoms with Gasteiger partial charge in [-0.3, -0.25) is 18.8 Å². The number of para-hydroxylation sites is 1. The number of carbonyl (C=O) groups is 3. The van der Waals surface area contributed by atoms with E-state index >= 15 is 0 Å². The summed E-state index contributed by atoms with van der Waals surface area (Å²) in [6.45, 7) is 0.495. The molecule has 0 unspecified atom stereocenters. The third kappa shape index (κ3) is 4.29. The van der Waals surface area contributed by atoms with Gasteiger partial charge in [-0.15, -0.1) is 10.2 Å².